The number of amides is 1. The molecule has 0 saturated carbocycles. The molecule has 0 N–H and O–H groups in total. The molecular formula is C23H20ClN3O3S. The number of piperazine rings is 1. The third-order valence-electron chi connectivity index (χ3n) is 5.24. The average molecular weight is 454 g/mol. The molecule has 1 saturated heterocycles. The highest BCUT2D eigenvalue weighted by atomic mass is 35.5. The number of carbonyl (C=O) groups is 1. The number of fused-ring (bicyclic) bond motifs is 1. The number of hydrogen-bond acceptors (Lipinski definition) is 6. The molecule has 0 bridgehead atoms. The highest BCUT2D eigenvalue weighted by Gasteiger charge is 2.25. The SMILES string of the molecule is O=C(c1ccc(CSc2nc3ccccc3o2)o1)N1CCN(c2ccccc2Cl)CC1. The van der Waals surface area contributed by atoms with Gasteiger partial charge < -0.3 is 18.6 Å². The molecule has 0 radical (unpaired) electrons. The monoisotopic (exact) mass is 453 g/mol. The van der Waals surface area contributed by atoms with Crippen LogP contribution in [0.5, 0.6) is 0 Å². The van der Waals surface area contributed by atoms with Gasteiger partial charge in [-0.1, -0.05) is 47.6 Å². The molecule has 31 heavy (non-hydrogen) atoms. The zero-order valence-corrected chi connectivity index (χ0v) is 18.2. The van der Waals surface area contributed by atoms with E-state index in [0.29, 0.717) is 35.6 Å². The van der Waals surface area contributed by atoms with Gasteiger partial charge in [0.1, 0.15) is 11.3 Å². The van der Waals surface area contributed by atoms with Crippen LogP contribution in [0.25, 0.3) is 11.1 Å². The first-order valence-corrected chi connectivity index (χ1v) is 11.4. The predicted octanol–water partition coefficient (Wildman–Crippen LogP) is 5.33. The molecule has 4 aromatic rings. The van der Waals surface area contributed by atoms with Gasteiger partial charge in [0.05, 0.1) is 16.5 Å². The summed E-state index contributed by atoms with van der Waals surface area (Å²) in [7, 11) is 0. The predicted molar refractivity (Wildman–Crippen MR) is 122 cm³/mol. The minimum atomic E-state index is -0.0862. The summed E-state index contributed by atoms with van der Waals surface area (Å²) >= 11 is 7.75. The molecule has 8 heteroatoms. The molecule has 1 fully saturated rings. The van der Waals surface area contributed by atoms with E-state index < -0.39 is 0 Å². The second-order valence-corrected chi connectivity index (χ2v) is 8.57. The van der Waals surface area contributed by atoms with Crippen molar-refractivity contribution in [3.8, 4) is 0 Å². The minimum absolute atomic E-state index is 0.0862. The lowest BCUT2D eigenvalue weighted by molar-refractivity contribution is 0.0713. The van der Waals surface area contributed by atoms with Gasteiger partial charge in [0.25, 0.3) is 11.1 Å². The average Bonchev–Trinajstić information content (AvgIpc) is 3.44. The van der Waals surface area contributed by atoms with Gasteiger partial charge in [-0.05, 0) is 36.4 Å². The quantitative estimate of drug-likeness (QED) is 0.380. The van der Waals surface area contributed by atoms with Gasteiger partial charge in [-0.25, -0.2) is 4.98 Å². The van der Waals surface area contributed by atoms with E-state index in [-0.39, 0.29) is 5.91 Å². The van der Waals surface area contributed by atoms with Crippen LogP contribution in [0.4, 0.5) is 5.69 Å². The number of benzene rings is 2. The van der Waals surface area contributed by atoms with Crippen LogP contribution in [0, 0.1) is 0 Å². The summed E-state index contributed by atoms with van der Waals surface area (Å²) in [5, 5.41) is 1.32. The Hall–Kier alpha value is -2.90. The van der Waals surface area contributed by atoms with Crippen molar-refractivity contribution in [3.63, 3.8) is 0 Å². The maximum atomic E-state index is 12.9. The Morgan fingerprint density at radius 1 is 0.968 bits per heavy atom. The molecule has 0 spiro atoms. The summed E-state index contributed by atoms with van der Waals surface area (Å²) in [6.45, 7) is 2.71. The van der Waals surface area contributed by atoms with Crippen molar-refractivity contribution in [2.45, 2.75) is 11.0 Å². The number of anilines is 1. The highest BCUT2D eigenvalue weighted by molar-refractivity contribution is 7.98. The van der Waals surface area contributed by atoms with Gasteiger partial charge in [0.2, 0.25) is 0 Å². The van der Waals surface area contributed by atoms with Crippen LogP contribution in [0.1, 0.15) is 16.3 Å². The molecule has 1 aliphatic heterocycles. The van der Waals surface area contributed by atoms with Crippen molar-refractivity contribution in [2.75, 3.05) is 31.1 Å². The van der Waals surface area contributed by atoms with E-state index in [9.17, 15) is 4.79 Å². The van der Waals surface area contributed by atoms with Crippen LogP contribution in [0.3, 0.4) is 0 Å². The van der Waals surface area contributed by atoms with Crippen LogP contribution in [-0.2, 0) is 5.75 Å². The van der Waals surface area contributed by atoms with Crippen molar-refractivity contribution in [1.29, 1.82) is 0 Å². The van der Waals surface area contributed by atoms with Crippen LogP contribution >= 0.6 is 23.4 Å². The van der Waals surface area contributed by atoms with Crippen molar-refractivity contribution in [3.05, 3.63) is 77.2 Å². The number of aromatic nitrogens is 1. The van der Waals surface area contributed by atoms with E-state index in [2.05, 4.69) is 9.88 Å². The smallest absolute Gasteiger partial charge is 0.289 e. The van der Waals surface area contributed by atoms with E-state index in [1.807, 2.05) is 59.5 Å². The van der Waals surface area contributed by atoms with Crippen molar-refractivity contribution in [2.24, 2.45) is 0 Å². The molecular weight excluding hydrogens is 434 g/mol. The number of carbonyl (C=O) groups excluding carboxylic acids is 1. The third kappa shape index (κ3) is 4.29. The molecule has 6 nitrogen and oxygen atoms in total. The topological polar surface area (TPSA) is 62.7 Å². The van der Waals surface area contributed by atoms with Crippen LogP contribution in [0.2, 0.25) is 5.02 Å². The molecule has 1 amide bonds. The van der Waals surface area contributed by atoms with Gasteiger partial charge in [0, 0.05) is 26.2 Å². The number of hydrogen-bond donors (Lipinski definition) is 0. The number of thioether (sulfide) groups is 1. The van der Waals surface area contributed by atoms with Gasteiger partial charge in [-0.2, -0.15) is 0 Å². The Morgan fingerprint density at radius 3 is 2.55 bits per heavy atom. The van der Waals surface area contributed by atoms with Gasteiger partial charge in [-0.3, -0.25) is 4.79 Å². The Kier molecular flexibility index (Phi) is 5.61. The molecule has 1 aliphatic rings. The van der Waals surface area contributed by atoms with Crippen LogP contribution < -0.4 is 4.90 Å². The number of halogens is 1. The fourth-order valence-corrected chi connectivity index (χ4v) is 4.62. The van der Waals surface area contributed by atoms with E-state index >= 15 is 0 Å². The number of furan rings is 1. The van der Waals surface area contributed by atoms with Crippen molar-refractivity contribution < 1.29 is 13.6 Å². The van der Waals surface area contributed by atoms with Crippen molar-refractivity contribution in [1.82, 2.24) is 9.88 Å². The summed E-state index contributed by atoms with van der Waals surface area (Å²) in [6.07, 6.45) is 0. The Bertz CT molecular complexity index is 1180. The molecule has 0 aliphatic carbocycles. The second-order valence-electron chi connectivity index (χ2n) is 7.23. The molecule has 2 aromatic carbocycles. The Balaban J connectivity index is 1.18. The van der Waals surface area contributed by atoms with E-state index in [1.165, 1.54) is 11.8 Å². The maximum absolute atomic E-state index is 12.9. The minimum Gasteiger partial charge on any atom is -0.455 e. The Morgan fingerprint density at radius 2 is 1.74 bits per heavy atom. The number of oxazole rings is 1. The normalized spacial score (nSPS) is 14.4. The molecule has 2 aromatic heterocycles. The fraction of sp³-hybridized carbons (Fsp3) is 0.217. The summed E-state index contributed by atoms with van der Waals surface area (Å²) in [5.74, 6) is 1.53. The van der Waals surface area contributed by atoms with E-state index in [1.54, 1.807) is 6.07 Å². The zero-order chi connectivity index (χ0) is 21.2. The summed E-state index contributed by atoms with van der Waals surface area (Å²) < 4.78 is 11.5. The summed E-state index contributed by atoms with van der Waals surface area (Å²) in [4.78, 5) is 21.3. The molecule has 0 atom stereocenters. The van der Waals surface area contributed by atoms with Gasteiger partial charge in [-0.15, -0.1) is 0 Å². The highest BCUT2D eigenvalue weighted by Crippen LogP contribution is 2.28. The summed E-state index contributed by atoms with van der Waals surface area (Å²) in [6, 6.07) is 19.0. The second kappa shape index (κ2) is 8.69. The lowest BCUT2D eigenvalue weighted by atomic mass is 10.2. The van der Waals surface area contributed by atoms with Gasteiger partial charge >= 0.3 is 0 Å². The van der Waals surface area contributed by atoms with Crippen molar-refractivity contribution >= 4 is 46.1 Å². The number of nitrogens with zero attached hydrogens (tertiary/aromatic N) is 3. The lowest BCUT2D eigenvalue weighted by Gasteiger charge is -2.36. The van der Waals surface area contributed by atoms with E-state index in [4.69, 9.17) is 20.4 Å². The lowest BCUT2D eigenvalue weighted by Crippen LogP contribution is -2.48. The number of rotatable bonds is 5. The summed E-state index contributed by atoms with van der Waals surface area (Å²) in [5.41, 5.74) is 2.60. The van der Waals surface area contributed by atoms with Crippen LogP contribution in [0.15, 0.2) is 74.7 Å². The van der Waals surface area contributed by atoms with Gasteiger partial charge in [0.15, 0.2) is 11.3 Å². The molecule has 3 heterocycles. The molecule has 158 valence electrons. The first-order chi connectivity index (χ1) is 15.2. The first-order valence-electron chi connectivity index (χ1n) is 10.0. The Labute approximate surface area is 188 Å². The molecule has 5 rings (SSSR count). The standard InChI is InChI=1S/C23H20ClN3O3S/c24-17-5-1-3-7-19(17)26-11-13-27(14-12-26)22(28)21-10-9-16(29-21)15-31-23-25-18-6-2-4-8-20(18)30-23/h1-10H,11-15H2. The largest absolute Gasteiger partial charge is 0.455 e. The first kappa shape index (κ1) is 20.0. The number of para-hydroxylation sites is 3. The molecule has 0 unspecified atom stereocenters. The third-order valence-corrected chi connectivity index (χ3v) is 6.41. The maximum Gasteiger partial charge on any atom is 0.289 e. The van der Waals surface area contributed by atoms with Crippen LogP contribution in [-0.4, -0.2) is 42.0 Å². The zero-order valence-electron chi connectivity index (χ0n) is 16.7. The fourth-order valence-electron chi connectivity index (χ4n) is 3.63. The van der Waals surface area contributed by atoms with E-state index in [0.717, 1.165) is 34.9 Å².